The molecule has 4 nitrogen and oxygen atoms in total. The molecule has 15 heavy (non-hydrogen) atoms. The Balaban J connectivity index is 2.71. The SMILES string of the molecule is CCCCOc1cc(N)nc(C(C)C)n1. The summed E-state index contributed by atoms with van der Waals surface area (Å²) in [7, 11) is 0. The van der Waals surface area contributed by atoms with E-state index in [-0.39, 0.29) is 5.92 Å². The van der Waals surface area contributed by atoms with E-state index in [1.165, 1.54) is 0 Å². The van der Waals surface area contributed by atoms with E-state index in [1.807, 2.05) is 13.8 Å². The van der Waals surface area contributed by atoms with E-state index >= 15 is 0 Å². The Morgan fingerprint density at radius 3 is 2.73 bits per heavy atom. The highest BCUT2D eigenvalue weighted by atomic mass is 16.5. The number of unbranched alkanes of at least 4 members (excludes halogenated alkanes) is 1. The Kier molecular flexibility index (Phi) is 4.34. The van der Waals surface area contributed by atoms with Gasteiger partial charge in [0.05, 0.1) is 6.61 Å². The van der Waals surface area contributed by atoms with E-state index in [2.05, 4.69) is 16.9 Å². The average Bonchev–Trinajstić information content (AvgIpc) is 2.17. The zero-order valence-corrected chi connectivity index (χ0v) is 9.66. The average molecular weight is 209 g/mol. The van der Waals surface area contributed by atoms with Gasteiger partial charge in [0, 0.05) is 12.0 Å². The van der Waals surface area contributed by atoms with Crippen molar-refractivity contribution in [1.82, 2.24) is 9.97 Å². The Morgan fingerprint density at radius 1 is 1.40 bits per heavy atom. The van der Waals surface area contributed by atoms with Crippen LogP contribution in [0.3, 0.4) is 0 Å². The summed E-state index contributed by atoms with van der Waals surface area (Å²) in [4.78, 5) is 8.44. The molecule has 0 unspecified atom stereocenters. The molecule has 1 rings (SSSR count). The molecule has 1 heterocycles. The first-order valence-electron chi connectivity index (χ1n) is 5.40. The fraction of sp³-hybridized carbons (Fsp3) is 0.636. The first kappa shape index (κ1) is 11.8. The van der Waals surface area contributed by atoms with Crippen LogP contribution in [0, 0.1) is 0 Å². The number of aromatic nitrogens is 2. The Labute approximate surface area is 90.9 Å². The zero-order valence-electron chi connectivity index (χ0n) is 9.66. The van der Waals surface area contributed by atoms with Gasteiger partial charge in [-0.05, 0) is 6.42 Å². The molecule has 0 aliphatic heterocycles. The van der Waals surface area contributed by atoms with Gasteiger partial charge in [-0.25, -0.2) is 4.98 Å². The van der Waals surface area contributed by atoms with Crippen LogP contribution in [0.4, 0.5) is 5.82 Å². The largest absolute Gasteiger partial charge is 0.478 e. The topological polar surface area (TPSA) is 61.0 Å². The van der Waals surface area contributed by atoms with Gasteiger partial charge in [-0.2, -0.15) is 4.98 Å². The van der Waals surface area contributed by atoms with Crippen molar-refractivity contribution in [2.75, 3.05) is 12.3 Å². The van der Waals surface area contributed by atoms with Crippen LogP contribution in [-0.4, -0.2) is 16.6 Å². The third kappa shape index (κ3) is 3.73. The predicted molar refractivity (Wildman–Crippen MR) is 60.9 cm³/mol. The maximum atomic E-state index is 5.67. The van der Waals surface area contributed by atoms with E-state index in [4.69, 9.17) is 10.5 Å². The first-order valence-corrected chi connectivity index (χ1v) is 5.40. The molecule has 0 atom stereocenters. The minimum absolute atomic E-state index is 0.266. The second kappa shape index (κ2) is 5.53. The molecular formula is C11H19N3O. The number of ether oxygens (including phenoxy) is 1. The van der Waals surface area contributed by atoms with Gasteiger partial charge >= 0.3 is 0 Å². The molecule has 1 aromatic heterocycles. The lowest BCUT2D eigenvalue weighted by atomic mass is 10.2. The fourth-order valence-electron chi connectivity index (χ4n) is 1.11. The van der Waals surface area contributed by atoms with Crippen molar-refractivity contribution in [3.8, 4) is 5.88 Å². The third-order valence-electron chi connectivity index (χ3n) is 2.00. The molecule has 0 bridgehead atoms. The molecule has 0 aliphatic rings. The van der Waals surface area contributed by atoms with Gasteiger partial charge in [-0.1, -0.05) is 27.2 Å². The molecule has 2 N–H and O–H groups in total. The Bertz CT molecular complexity index is 313. The predicted octanol–water partition coefficient (Wildman–Crippen LogP) is 2.36. The summed E-state index contributed by atoms with van der Waals surface area (Å²) in [6.07, 6.45) is 2.14. The lowest BCUT2D eigenvalue weighted by Crippen LogP contribution is -2.05. The Hall–Kier alpha value is -1.32. The molecule has 0 amide bonds. The van der Waals surface area contributed by atoms with Crippen molar-refractivity contribution in [2.45, 2.75) is 39.5 Å². The third-order valence-corrected chi connectivity index (χ3v) is 2.00. The highest BCUT2D eigenvalue weighted by molar-refractivity contribution is 5.33. The molecule has 0 fully saturated rings. The van der Waals surface area contributed by atoms with Crippen molar-refractivity contribution in [3.05, 3.63) is 11.9 Å². The van der Waals surface area contributed by atoms with E-state index in [0.29, 0.717) is 18.3 Å². The van der Waals surface area contributed by atoms with Crippen molar-refractivity contribution in [2.24, 2.45) is 0 Å². The number of nitrogen functional groups attached to an aromatic ring is 1. The van der Waals surface area contributed by atoms with Crippen molar-refractivity contribution >= 4 is 5.82 Å². The standard InChI is InChI=1S/C11H19N3O/c1-4-5-6-15-10-7-9(12)13-11(14-10)8(2)3/h7-8H,4-6H2,1-3H3,(H2,12,13,14). The quantitative estimate of drug-likeness (QED) is 0.756. The molecule has 1 aromatic rings. The highest BCUT2D eigenvalue weighted by Crippen LogP contribution is 2.16. The summed E-state index contributed by atoms with van der Waals surface area (Å²) in [6, 6.07) is 1.67. The number of hydrogen-bond donors (Lipinski definition) is 1. The van der Waals surface area contributed by atoms with Gasteiger partial charge in [-0.15, -0.1) is 0 Å². The molecule has 0 saturated heterocycles. The van der Waals surface area contributed by atoms with E-state index in [0.717, 1.165) is 18.7 Å². The minimum atomic E-state index is 0.266. The van der Waals surface area contributed by atoms with Crippen LogP contribution in [0.1, 0.15) is 45.4 Å². The summed E-state index contributed by atoms with van der Waals surface area (Å²) >= 11 is 0. The van der Waals surface area contributed by atoms with Crippen LogP contribution < -0.4 is 10.5 Å². The smallest absolute Gasteiger partial charge is 0.218 e. The monoisotopic (exact) mass is 209 g/mol. The molecule has 0 aromatic carbocycles. The fourth-order valence-corrected chi connectivity index (χ4v) is 1.11. The number of rotatable bonds is 5. The van der Waals surface area contributed by atoms with Gasteiger partial charge in [0.2, 0.25) is 5.88 Å². The van der Waals surface area contributed by atoms with Gasteiger partial charge in [-0.3, -0.25) is 0 Å². The lowest BCUT2D eigenvalue weighted by molar-refractivity contribution is 0.296. The number of anilines is 1. The van der Waals surface area contributed by atoms with Crippen LogP contribution in [0.2, 0.25) is 0 Å². The minimum Gasteiger partial charge on any atom is -0.478 e. The summed E-state index contributed by atoms with van der Waals surface area (Å²) in [5.41, 5.74) is 5.67. The van der Waals surface area contributed by atoms with E-state index < -0.39 is 0 Å². The normalized spacial score (nSPS) is 10.7. The van der Waals surface area contributed by atoms with Crippen molar-refractivity contribution < 1.29 is 4.74 Å². The maximum absolute atomic E-state index is 5.67. The second-order valence-corrected chi connectivity index (χ2v) is 3.85. The number of hydrogen-bond acceptors (Lipinski definition) is 4. The lowest BCUT2D eigenvalue weighted by Gasteiger charge is -2.08. The molecule has 84 valence electrons. The highest BCUT2D eigenvalue weighted by Gasteiger charge is 2.06. The molecule has 4 heteroatoms. The first-order chi connectivity index (χ1) is 7.13. The van der Waals surface area contributed by atoms with Gasteiger partial charge in [0.15, 0.2) is 0 Å². The van der Waals surface area contributed by atoms with Crippen LogP contribution in [0.5, 0.6) is 5.88 Å². The van der Waals surface area contributed by atoms with Crippen LogP contribution in [0.25, 0.3) is 0 Å². The Morgan fingerprint density at radius 2 is 2.13 bits per heavy atom. The van der Waals surface area contributed by atoms with Crippen LogP contribution in [-0.2, 0) is 0 Å². The molecule has 0 radical (unpaired) electrons. The van der Waals surface area contributed by atoms with Gasteiger partial charge in [0.25, 0.3) is 0 Å². The maximum Gasteiger partial charge on any atom is 0.218 e. The van der Waals surface area contributed by atoms with E-state index in [9.17, 15) is 0 Å². The number of nitrogens with zero attached hydrogens (tertiary/aromatic N) is 2. The van der Waals surface area contributed by atoms with Crippen molar-refractivity contribution in [3.63, 3.8) is 0 Å². The van der Waals surface area contributed by atoms with E-state index in [1.54, 1.807) is 6.07 Å². The van der Waals surface area contributed by atoms with Crippen LogP contribution in [0.15, 0.2) is 6.07 Å². The van der Waals surface area contributed by atoms with Crippen LogP contribution >= 0.6 is 0 Å². The van der Waals surface area contributed by atoms with Gasteiger partial charge in [0.1, 0.15) is 11.6 Å². The summed E-state index contributed by atoms with van der Waals surface area (Å²) < 4.78 is 5.49. The number of nitrogens with two attached hydrogens (primary N) is 1. The molecular weight excluding hydrogens is 190 g/mol. The molecule has 0 aliphatic carbocycles. The van der Waals surface area contributed by atoms with Crippen molar-refractivity contribution in [1.29, 1.82) is 0 Å². The summed E-state index contributed by atoms with van der Waals surface area (Å²) in [5.74, 6) is 2.06. The second-order valence-electron chi connectivity index (χ2n) is 3.85. The molecule has 0 spiro atoms. The summed E-state index contributed by atoms with van der Waals surface area (Å²) in [5, 5.41) is 0. The summed E-state index contributed by atoms with van der Waals surface area (Å²) in [6.45, 7) is 6.87. The zero-order chi connectivity index (χ0) is 11.3. The van der Waals surface area contributed by atoms with Gasteiger partial charge < -0.3 is 10.5 Å². The molecule has 0 saturated carbocycles.